The Bertz CT molecular complexity index is 919. The van der Waals surface area contributed by atoms with Gasteiger partial charge in [-0.1, -0.05) is 37.3 Å². The van der Waals surface area contributed by atoms with Gasteiger partial charge in [0.1, 0.15) is 17.8 Å². The number of hydrogen-bond donors (Lipinski definition) is 2. The van der Waals surface area contributed by atoms with Crippen molar-refractivity contribution in [1.29, 1.82) is 0 Å². The third-order valence-corrected chi connectivity index (χ3v) is 4.09. The smallest absolute Gasteiger partial charge is 0.271 e. The summed E-state index contributed by atoms with van der Waals surface area (Å²) >= 11 is 0. The van der Waals surface area contributed by atoms with Gasteiger partial charge in [-0.3, -0.25) is 14.2 Å². The van der Waals surface area contributed by atoms with E-state index in [4.69, 9.17) is 0 Å². The van der Waals surface area contributed by atoms with Gasteiger partial charge in [-0.2, -0.15) is 0 Å². The Hall–Kier alpha value is -3.48. The molecule has 1 aromatic carbocycles. The molecule has 1 unspecified atom stereocenters. The molecule has 2 aromatic heterocycles. The molecular weight excluding hydrogens is 342 g/mol. The molecule has 0 aliphatic carbocycles. The normalized spacial score (nSPS) is 11.6. The van der Waals surface area contributed by atoms with Crippen LogP contribution in [0.1, 0.15) is 35.8 Å². The Labute approximate surface area is 157 Å². The maximum absolute atomic E-state index is 12.3. The lowest BCUT2D eigenvalue weighted by Crippen LogP contribution is -2.27. The molecular formula is C20H21N5O2. The van der Waals surface area contributed by atoms with Crippen LogP contribution < -0.4 is 10.6 Å². The Balaban J connectivity index is 1.61. The average Bonchev–Trinajstić information content (AvgIpc) is 3.17. The van der Waals surface area contributed by atoms with Crippen LogP contribution in [0.5, 0.6) is 0 Å². The molecule has 0 aliphatic heterocycles. The second-order valence-corrected chi connectivity index (χ2v) is 6.27. The van der Waals surface area contributed by atoms with Gasteiger partial charge in [-0.25, -0.2) is 9.97 Å². The maximum atomic E-state index is 12.3. The molecule has 0 aliphatic rings. The van der Waals surface area contributed by atoms with Crippen molar-refractivity contribution in [2.24, 2.45) is 0 Å². The number of benzene rings is 1. The van der Waals surface area contributed by atoms with E-state index in [1.54, 1.807) is 29.1 Å². The fraction of sp³-hybridized carbons (Fsp3) is 0.200. The van der Waals surface area contributed by atoms with Crippen molar-refractivity contribution in [3.05, 3.63) is 72.4 Å². The highest BCUT2D eigenvalue weighted by Gasteiger charge is 2.12. The van der Waals surface area contributed by atoms with E-state index in [1.165, 1.54) is 18.8 Å². The minimum absolute atomic E-state index is 0.157. The lowest BCUT2D eigenvalue weighted by molar-refractivity contribution is -0.114. The lowest BCUT2D eigenvalue weighted by Gasteiger charge is -2.12. The summed E-state index contributed by atoms with van der Waals surface area (Å²) in [6.45, 7) is 4.03. The number of rotatable bonds is 6. The van der Waals surface area contributed by atoms with Crippen molar-refractivity contribution < 1.29 is 9.59 Å². The minimum atomic E-state index is -0.230. The van der Waals surface area contributed by atoms with Gasteiger partial charge in [0.05, 0.1) is 11.9 Å². The van der Waals surface area contributed by atoms with Gasteiger partial charge in [0.15, 0.2) is 0 Å². The second kappa shape index (κ2) is 8.27. The molecule has 0 saturated carbocycles. The first-order valence-corrected chi connectivity index (χ1v) is 8.64. The molecule has 3 aromatic rings. The number of aromatic nitrogens is 3. The summed E-state index contributed by atoms with van der Waals surface area (Å²) in [5, 5.41) is 5.57. The van der Waals surface area contributed by atoms with Crippen molar-refractivity contribution in [2.75, 3.05) is 11.9 Å². The van der Waals surface area contributed by atoms with Crippen LogP contribution >= 0.6 is 0 Å². The molecule has 1 atom stereocenters. The summed E-state index contributed by atoms with van der Waals surface area (Å²) in [5.41, 5.74) is 2.11. The third kappa shape index (κ3) is 4.78. The number of imidazole rings is 1. The number of pyridine rings is 1. The summed E-state index contributed by atoms with van der Waals surface area (Å²) in [6.07, 6.45) is 4.72. The summed E-state index contributed by atoms with van der Waals surface area (Å²) in [6, 6.07) is 13.5. The molecule has 0 saturated heterocycles. The zero-order chi connectivity index (χ0) is 19.2. The maximum Gasteiger partial charge on any atom is 0.271 e. The van der Waals surface area contributed by atoms with E-state index in [9.17, 15) is 9.59 Å². The molecule has 0 spiro atoms. The molecule has 0 bridgehead atoms. The predicted octanol–water partition coefficient (Wildman–Crippen LogP) is 2.76. The zero-order valence-electron chi connectivity index (χ0n) is 15.2. The van der Waals surface area contributed by atoms with Crippen LogP contribution in [-0.2, 0) is 4.79 Å². The molecule has 2 amide bonds. The van der Waals surface area contributed by atoms with Crippen molar-refractivity contribution >= 4 is 17.5 Å². The van der Waals surface area contributed by atoms with E-state index in [0.717, 1.165) is 0 Å². The first-order valence-electron chi connectivity index (χ1n) is 8.64. The summed E-state index contributed by atoms with van der Waals surface area (Å²) < 4.78 is 1.66. The monoisotopic (exact) mass is 363 g/mol. The van der Waals surface area contributed by atoms with E-state index >= 15 is 0 Å². The van der Waals surface area contributed by atoms with Gasteiger partial charge >= 0.3 is 0 Å². The number of nitrogens with zero attached hydrogens (tertiary/aromatic N) is 3. The fourth-order valence-electron chi connectivity index (χ4n) is 2.62. The summed E-state index contributed by atoms with van der Waals surface area (Å²) in [5.74, 6) is 0.427. The molecule has 7 heteroatoms. The molecule has 27 heavy (non-hydrogen) atoms. The van der Waals surface area contributed by atoms with Gasteiger partial charge in [0.25, 0.3) is 5.91 Å². The lowest BCUT2D eigenvalue weighted by atomic mass is 10.0. The van der Waals surface area contributed by atoms with Crippen molar-refractivity contribution in [1.82, 2.24) is 19.9 Å². The van der Waals surface area contributed by atoms with E-state index in [1.807, 2.05) is 30.3 Å². The number of hydrogen-bond acceptors (Lipinski definition) is 4. The zero-order valence-corrected chi connectivity index (χ0v) is 15.2. The largest absolute Gasteiger partial charge is 0.350 e. The van der Waals surface area contributed by atoms with Crippen molar-refractivity contribution in [3.8, 4) is 5.82 Å². The van der Waals surface area contributed by atoms with E-state index in [2.05, 4.69) is 27.5 Å². The van der Waals surface area contributed by atoms with E-state index < -0.39 is 0 Å². The Morgan fingerprint density at radius 2 is 1.89 bits per heavy atom. The van der Waals surface area contributed by atoms with E-state index in [0.29, 0.717) is 23.7 Å². The number of nitrogens with one attached hydrogen (secondary N) is 2. The quantitative estimate of drug-likeness (QED) is 0.705. The first kappa shape index (κ1) is 18.3. The number of amides is 2. The molecule has 0 radical (unpaired) electrons. The second-order valence-electron chi connectivity index (χ2n) is 6.27. The van der Waals surface area contributed by atoms with Crippen LogP contribution in [0.25, 0.3) is 5.82 Å². The van der Waals surface area contributed by atoms with Gasteiger partial charge in [0.2, 0.25) is 5.91 Å². The van der Waals surface area contributed by atoms with E-state index in [-0.39, 0.29) is 17.7 Å². The SMILES string of the molecule is CC(=O)Nc1ccc(-n2cnc(C(=O)NCC(C)c3ccccc3)c2)nc1. The standard InChI is InChI=1S/C20H21N5O2/c1-14(16-6-4-3-5-7-16)10-22-20(27)18-12-25(13-23-18)19-9-8-17(11-21-19)24-15(2)26/h3-9,11-14H,10H2,1-2H3,(H,22,27)(H,24,26). The van der Waals surface area contributed by atoms with Crippen LogP contribution in [-0.4, -0.2) is 32.9 Å². The molecule has 138 valence electrons. The third-order valence-electron chi connectivity index (χ3n) is 4.09. The van der Waals surface area contributed by atoms with Crippen LogP contribution in [0.15, 0.2) is 61.2 Å². The summed E-state index contributed by atoms with van der Waals surface area (Å²) in [7, 11) is 0. The van der Waals surface area contributed by atoms with Gasteiger partial charge < -0.3 is 10.6 Å². The summed E-state index contributed by atoms with van der Waals surface area (Å²) in [4.78, 5) is 31.8. The average molecular weight is 363 g/mol. The van der Waals surface area contributed by atoms with Crippen molar-refractivity contribution in [3.63, 3.8) is 0 Å². The molecule has 2 heterocycles. The number of carbonyl (C=O) groups is 2. The molecule has 0 fully saturated rings. The Morgan fingerprint density at radius 1 is 1.11 bits per heavy atom. The molecule has 2 N–H and O–H groups in total. The fourth-order valence-corrected chi connectivity index (χ4v) is 2.62. The van der Waals surface area contributed by atoms with Crippen LogP contribution in [0.3, 0.4) is 0 Å². The Morgan fingerprint density at radius 3 is 2.56 bits per heavy atom. The highest BCUT2D eigenvalue weighted by Crippen LogP contribution is 2.14. The number of anilines is 1. The van der Waals surface area contributed by atoms with Crippen LogP contribution in [0, 0.1) is 0 Å². The molecule has 3 rings (SSSR count). The van der Waals surface area contributed by atoms with Crippen LogP contribution in [0.4, 0.5) is 5.69 Å². The van der Waals surface area contributed by atoms with Gasteiger partial charge in [-0.05, 0) is 23.6 Å². The van der Waals surface area contributed by atoms with Crippen molar-refractivity contribution in [2.45, 2.75) is 19.8 Å². The Kier molecular flexibility index (Phi) is 5.61. The molecule has 7 nitrogen and oxygen atoms in total. The predicted molar refractivity (Wildman–Crippen MR) is 103 cm³/mol. The topological polar surface area (TPSA) is 88.9 Å². The number of carbonyl (C=O) groups excluding carboxylic acids is 2. The minimum Gasteiger partial charge on any atom is -0.350 e. The van der Waals surface area contributed by atoms with Gasteiger partial charge in [0, 0.05) is 19.7 Å². The highest BCUT2D eigenvalue weighted by molar-refractivity contribution is 5.92. The van der Waals surface area contributed by atoms with Crippen LogP contribution in [0.2, 0.25) is 0 Å². The first-order chi connectivity index (χ1) is 13.0. The van der Waals surface area contributed by atoms with Gasteiger partial charge in [-0.15, -0.1) is 0 Å². The highest BCUT2D eigenvalue weighted by atomic mass is 16.2.